The van der Waals surface area contributed by atoms with Gasteiger partial charge in [0.15, 0.2) is 5.69 Å². The van der Waals surface area contributed by atoms with Crippen molar-refractivity contribution in [1.82, 2.24) is 24.7 Å². The predicted octanol–water partition coefficient (Wildman–Crippen LogP) is 1.78. The lowest BCUT2D eigenvalue weighted by Crippen LogP contribution is -2.13. The van der Waals surface area contributed by atoms with Gasteiger partial charge in [0.25, 0.3) is 5.91 Å². The van der Waals surface area contributed by atoms with Gasteiger partial charge in [0.1, 0.15) is 30.1 Å². The third-order valence-electron chi connectivity index (χ3n) is 3.40. The second-order valence-corrected chi connectivity index (χ2v) is 5.07. The third-order valence-corrected chi connectivity index (χ3v) is 3.40. The van der Waals surface area contributed by atoms with Crippen molar-refractivity contribution >= 4 is 11.7 Å². The van der Waals surface area contributed by atoms with E-state index in [4.69, 9.17) is 4.52 Å². The van der Waals surface area contributed by atoms with Crippen molar-refractivity contribution in [2.75, 3.05) is 5.32 Å². The summed E-state index contributed by atoms with van der Waals surface area (Å²) in [4.78, 5) is 24.3. The maximum absolute atomic E-state index is 12.2. The number of rotatable bonds is 4. The molecule has 8 nitrogen and oxygen atoms in total. The summed E-state index contributed by atoms with van der Waals surface area (Å²) in [6.07, 6.45) is 8.59. The Morgan fingerprint density at radius 2 is 2.23 bits per heavy atom. The molecule has 3 aromatic heterocycles. The largest absolute Gasteiger partial charge is 0.360 e. The molecule has 0 spiro atoms. The van der Waals surface area contributed by atoms with Crippen LogP contribution in [0.2, 0.25) is 0 Å². The fourth-order valence-corrected chi connectivity index (χ4v) is 2.09. The van der Waals surface area contributed by atoms with Gasteiger partial charge < -0.3 is 9.84 Å². The topological polar surface area (TPSA) is 98.7 Å². The standard InChI is InChI=1S/C14H12N6O2/c21-14(10-5-11(22-19-10)9-1-2-9)18-12-6-13(17-7-16-12)20-4-3-15-8-20/h3-9H,1-2H2,(H,16,17,18,21). The molecule has 1 fully saturated rings. The summed E-state index contributed by atoms with van der Waals surface area (Å²) in [6, 6.07) is 3.34. The highest BCUT2D eigenvalue weighted by Gasteiger charge is 2.28. The fraction of sp³-hybridized carbons (Fsp3) is 0.214. The first kappa shape index (κ1) is 12.7. The zero-order chi connectivity index (χ0) is 14.9. The first-order valence-electron chi connectivity index (χ1n) is 6.88. The number of nitrogens with one attached hydrogen (secondary N) is 1. The van der Waals surface area contributed by atoms with Gasteiger partial charge in [0.2, 0.25) is 0 Å². The van der Waals surface area contributed by atoms with E-state index >= 15 is 0 Å². The van der Waals surface area contributed by atoms with E-state index in [0.29, 0.717) is 17.6 Å². The van der Waals surface area contributed by atoms with Crippen LogP contribution in [0.25, 0.3) is 5.82 Å². The molecule has 22 heavy (non-hydrogen) atoms. The number of hydrogen-bond acceptors (Lipinski definition) is 6. The zero-order valence-electron chi connectivity index (χ0n) is 11.5. The Kier molecular flexibility index (Phi) is 2.92. The highest BCUT2D eigenvalue weighted by molar-refractivity contribution is 6.02. The van der Waals surface area contributed by atoms with Gasteiger partial charge in [0.05, 0.1) is 0 Å². The number of aromatic nitrogens is 5. The number of nitrogens with zero attached hydrogens (tertiary/aromatic N) is 5. The van der Waals surface area contributed by atoms with Gasteiger partial charge in [-0.15, -0.1) is 0 Å². The lowest BCUT2D eigenvalue weighted by Gasteiger charge is -2.04. The SMILES string of the molecule is O=C(Nc1cc(-n2ccnc2)ncn1)c1cc(C2CC2)on1. The molecule has 0 aromatic carbocycles. The molecule has 0 aliphatic heterocycles. The zero-order valence-corrected chi connectivity index (χ0v) is 11.5. The predicted molar refractivity (Wildman–Crippen MR) is 75.6 cm³/mol. The molecule has 1 amide bonds. The molecule has 1 N–H and O–H groups in total. The summed E-state index contributed by atoms with van der Waals surface area (Å²) < 4.78 is 6.89. The average Bonchev–Trinajstić information content (AvgIpc) is 3.06. The van der Waals surface area contributed by atoms with Gasteiger partial charge in [-0.3, -0.25) is 9.36 Å². The van der Waals surface area contributed by atoms with Crippen LogP contribution in [0.1, 0.15) is 35.0 Å². The molecular weight excluding hydrogens is 284 g/mol. The quantitative estimate of drug-likeness (QED) is 0.788. The van der Waals surface area contributed by atoms with Gasteiger partial charge in [-0.1, -0.05) is 5.16 Å². The van der Waals surface area contributed by atoms with Crippen LogP contribution < -0.4 is 5.32 Å². The number of carbonyl (C=O) groups is 1. The van der Waals surface area contributed by atoms with E-state index in [1.165, 1.54) is 6.33 Å². The Labute approximate surface area is 125 Å². The van der Waals surface area contributed by atoms with E-state index in [-0.39, 0.29) is 11.6 Å². The van der Waals surface area contributed by atoms with Gasteiger partial charge >= 0.3 is 0 Å². The number of anilines is 1. The van der Waals surface area contributed by atoms with E-state index < -0.39 is 0 Å². The van der Waals surface area contributed by atoms with Crippen molar-refractivity contribution < 1.29 is 9.32 Å². The lowest BCUT2D eigenvalue weighted by atomic mass is 10.3. The molecule has 1 saturated carbocycles. The summed E-state index contributed by atoms with van der Waals surface area (Å²) in [5.74, 6) is 1.83. The summed E-state index contributed by atoms with van der Waals surface area (Å²) in [6.45, 7) is 0. The maximum atomic E-state index is 12.2. The smallest absolute Gasteiger partial charge is 0.279 e. The average molecular weight is 296 g/mol. The van der Waals surface area contributed by atoms with Crippen molar-refractivity contribution in [2.24, 2.45) is 0 Å². The Bertz CT molecular complexity index is 806. The fourth-order valence-electron chi connectivity index (χ4n) is 2.09. The van der Waals surface area contributed by atoms with Crippen LogP contribution >= 0.6 is 0 Å². The van der Waals surface area contributed by atoms with E-state index in [1.54, 1.807) is 35.4 Å². The summed E-state index contributed by atoms with van der Waals surface area (Å²) >= 11 is 0. The number of imidazole rings is 1. The second-order valence-electron chi connectivity index (χ2n) is 5.07. The van der Waals surface area contributed by atoms with Crippen LogP contribution in [0, 0.1) is 0 Å². The Morgan fingerprint density at radius 3 is 3.00 bits per heavy atom. The summed E-state index contributed by atoms with van der Waals surface area (Å²) in [7, 11) is 0. The molecule has 0 unspecified atom stereocenters. The molecule has 4 rings (SSSR count). The molecule has 0 saturated heterocycles. The van der Waals surface area contributed by atoms with Crippen molar-refractivity contribution in [1.29, 1.82) is 0 Å². The molecular formula is C14H12N6O2. The highest BCUT2D eigenvalue weighted by Crippen LogP contribution is 2.40. The van der Waals surface area contributed by atoms with Gasteiger partial charge in [-0.25, -0.2) is 15.0 Å². The Hall–Kier alpha value is -3.03. The van der Waals surface area contributed by atoms with E-state index in [1.807, 2.05) is 0 Å². The maximum Gasteiger partial charge on any atom is 0.279 e. The minimum absolute atomic E-state index is 0.254. The Balaban J connectivity index is 1.52. The van der Waals surface area contributed by atoms with Crippen molar-refractivity contribution in [2.45, 2.75) is 18.8 Å². The van der Waals surface area contributed by atoms with Crippen LogP contribution in [0.3, 0.4) is 0 Å². The summed E-state index contributed by atoms with van der Waals surface area (Å²) in [5, 5.41) is 6.49. The van der Waals surface area contributed by atoms with Crippen molar-refractivity contribution in [3.63, 3.8) is 0 Å². The number of hydrogen-bond donors (Lipinski definition) is 1. The minimum atomic E-state index is -0.356. The second kappa shape index (κ2) is 5.06. The van der Waals surface area contributed by atoms with Crippen LogP contribution in [0.5, 0.6) is 0 Å². The monoisotopic (exact) mass is 296 g/mol. The molecule has 1 aliphatic carbocycles. The normalized spacial score (nSPS) is 14.0. The summed E-state index contributed by atoms with van der Waals surface area (Å²) in [5.41, 5.74) is 0.254. The van der Waals surface area contributed by atoms with Crippen molar-refractivity contribution in [3.8, 4) is 5.82 Å². The third kappa shape index (κ3) is 2.46. The molecule has 3 aromatic rings. The molecule has 0 radical (unpaired) electrons. The first-order chi connectivity index (χ1) is 10.8. The van der Waals surface area contributed by atoms with Crippen LogP contribution in [0.4, 0.5) is 5.82 Å². The van der Waals surface area contributed by atoms with E-state index in [2.05, 4.69) is 25.4 Å². The molecule has 110 valence electrons. The molecule has 0 atom stereocenters. The van der Waals surface area contributed by atoms with Crippen molar-refractivity contribution in [3.05, 3.63) is 48.6 Å². The molecule has 1 aliphatic rings. The molecule has 0 bridgehead atoms. The number of carbonyl (C=O) groups excluding carboxylic acids is 1. The molecule has 8 heteroatoms. The Morgan fingerprint density at radius 1 is 1.32 bits per heavy atom. The minimum Gasteiger partial charge on any atom is -0.360 e. The van der Waals surface area contributed by atoms with Gasteiger partial charge in [-0.2, -0.15) is 0 Å². The molecule has 3 heterocycles. The first-order valence-corrected chi connectivity index (χ1v) is 6.88. The van der Waals surface area contributed by atoms with Crippen LogP contribution in [0.15, 0.2) is 41.7 Å². The van der Waals surface area contributed by atoms with Crippen LogP contribution in [-0.4, -0.2) is 30.6 Å². The van der Waals surface area contributed by atoms with Crippen LogP contribution in [-0.2, 0) is 0 Å². The van der Waals surface area contributed by atoms with E-state index in [9.17, 15) is 4.79 Å². The van der Waals surface area contributed by atoms with Gasteiger partial charge in [0, 0.05) is 30.4 Å². The lowest BCUT2D eigenvalue weighted by molar-refractivity contribution is 0.101. The van der Waals surface area contributed by atoms with Gasteiger partial charge in [-0.05, 0) is 12.8 Å². The number of amides is 1. The highest BCUT2D eigenvalue weighted by atomic mass is 16.5. The van der Waals surface area contributed by atoms with E-state index in [0.717, 1.165) is 18.6 Å².